The van der Waals surface area contributed by atoms with Crippen LogP contribution in [-0.2, 0) is 11.2 Å². The van der Waals surface area contributed by atoms with E-state index >= 15 is 0 Å². The Bertz CT molecular complexity index is 445. The molecule has 1 aromatic carbocycles. The zero-order valence-electron chi connectivity index (χ0n) is 11.6. The molecule has 0 radical (unpaired) electrons. The van der Waals surface area contributed by atoms with Crippen LogP contribution in [0.3, 0.4) is 0 Å². The van der Waals surface area contributed by atoms with Crippen LogP contribution in [0.25, 0.3) is 0 Å². The van der Waals surface area contributed by atoms with Crippen LogP contribution in [0.4, 0.5) is 4.39 Å². The number of ketones is 1. The molecule has 1 aliphatic heterocycles. The molecule has 0 spiro atoms. The van der Waals surface area contributed by atoms with Crippen molar-refractivity contribution in [1.29, 1.82) is 0 Å². The number of piperazine rings is 1. The molecule has 2 rings (SSSR count). The number of halogens is 1. The number of aliphatic hydroxyl groups is 1. The highest BCUT2D eigenvalue weighted by Crippen LogP contribution is 2.08. The molecule has 0 unspecified atom stereocenters. The van der Waals surface area contributed by atoms with Gasteiger partial charge in [0, 0.05) is 39.1 Å². The maximum atomic E-state index is 13.5. The zero-order valence-corrected chi connectivity index (χ0v) is 11.6. The fraction of sp³-hybridized carbons (Fsp3) is 0.533. The fourth-order valence-electron chi connectivity index (χ4n) is 2.47. The number of hydrogen-bond donors (Lipinski definition) is 1. The Morgan fingerprint density at radius 1 is 1.15 bits per heavy atom. The minimum Gasteiger partial charge on any atom is -0.395 e. The van der Waals surface area contributed by atoms with Crippen molar-refractivity contribution in [3.05, 3.63) is 35.6 Å². The van der Waals surface area contributed by atoms with Crippen molar-refractivity contribution in [2.24, 2.45) is 0 Å². The van der Waals surface area contributed by atoms with E-state index in [9.17, 15) is 9.18 Å². The van der Waals surface area contributed by atoms with E-state index in [1.165, 1.54) is 6.07 Å². The summed E-state index contributed by atoms with van der Waals surface area (Å²) < 4.78 is 13.5. The molecular weight excluding hydrogens is 259 g/mol. The van der Waals surface area contributed by atoms with Crippen LogP contribution in [0.1, 0.15) is 5.56 Å². The van der Waals surface area contributed by atoms with Crippen molar-refractivity contribution in [2.75, 3.05) is 45.9 Å². The van der Waals surface area contributed by atoms with Crippen LogP contribution in [0.5, 0.6) is 0 Å². The number of nitrogens with zero attached hydrogens (tertiary/aromatic N) is 2. The molecule has 0 saturated carbocycles. The molecule has 20 heavy (non-hydrogen) atoms. The van der Waals surface area contributed by atoms with Gasteiger partial charge in [0.1, 0.15) is 5.82 Å². The summed E-state index contributed by atoms with van der Waals surface area (Å²) in [5, 5.41) is 8.88. The molecular formula is C15H21FN2O2. The number of Topliss-reactive ketones (excluding diaryl/α,β-unsaturated/α-hetero) is 1. The molecule has 1 aromatic rings. The third-order valence-corrected chi connectivity index (χ3v) is 3.63. The lowest BCUT2D eigenvalue weighted by Crippen LogP contribution is -2.48. The minimum atomic E-state index is -0.311. The fourth-order valence-corrected chi connectivity index (χ4v) is 2.47. The summed E-state index contributed by atoms with van der Waals surface area (Å²) in [6.07, 6.45) is 0.156. The van der Waals surface area contributed by atoms with Crippen LogP contribution < -0.4 is 0 Å². The van der Waals surface area contributed by atoms with Gasteiger partial charge in [-0.25, -0.2) is 4.39 Å². The van der Waals surface area contributed by atoms with E-state index in [0.29, 0.717) is 18.7 Å². The second kappa shape index (κ2) is 7.47. The molecule has 5 heteroatoms. The van der Waals surface area contributed by atoms with Crippen molar-refractivity contribution in [1.82, 2.24) is 9.80 Å². The molecule has 4 nitrogen and oxygen atoms in total. The third kappa shape index (κ3) is 4.37. The molecule has 1 fully saturated rings. The SMILES string of the molecule is O=C(Cc1ccccc1F)CN1CCN(CCO)CC1. The summed E-state index contributed by atoms with van der Waals surface area (Å²) in [5.41, 5.74) is 0.469. The Balaban J connectivity index is 1.77. The molecule has 0 aromatic heterocycles. The molecule has 1 heterocycles. The Hall–Kier alpha value is -1.30. The van der Waals surface area contributed by atoms with Crippen molar-refractivity contribution in [2.45, 2.75) is 6.42 Å². The summed E-state index contributed by atoms with van der Waals surface area (Å²) in [5.74, 6) is -0.265. The number of benzene rings is 1. The largest absolute Gasteiger partial charge is 0.395 e. The molecule has 0 atom stereocenters. The Kier molecular flexibility index (Phi) is 5.64. The van der Waals surface area contributed by atoms with Crippen molar-refractivity contribution in [3.63, 3.8) is 0 Å². The first-order valence-electron chi connectivity index (χ1n) is 6.99. The molecule has 0 amide bonds. The number of hydrogen-bond acceptors (Lipinski definition) is 4. The van der Waals surface area contributed by atoms with Gasteiger partial charge in [0.25, 0.3) is 0 Å². The van der Waals surface area contributed by atoms with Gasteiger partial charge >= 0.3 is 0 Å². The molecule has 1 aliphatic rings. The second-order valence-electron chi connectivity index (χ2n) is 5.15. The van der Waals surface area contributed by atoms with Gasteiger partial charge in [0.2, 0.25) is 0 Å². The van der Waals surface area contributed by atoms with E-state index in [1.807, 2.05) is 0 Å². The van der Waals surface area contributed by atoms with Crippen LogP contribution in [0, 0.1) is 5.82 Å². The molecule has 1 saturated heterocycles. The van der Waals surface area contributed by atoms with E-state index < -0.39 is 0 Å². The zero-order chi connectivity index (χ0) is 14.4. The van der Waals surface area contributed by atoms with Gasteiger partial charge in [-0.3, -0.25) is 14.6 Å². The lowest BCUT2D eigenvalue weighted by molar-refractivity contribution is -0.120. The molecule has 110 valence electrons. The van der Waals surface area contributed by atoms with E-state index in [4.69, 9.17) is 5.11 Å². The first kappa shape index (κ1) is 15.1. The Morgan fingerprint density at radius 2 is 1.80 bits per heavy atom. The van der Waals surface area contributed by atoms with Crippen LogP contribution in [-0.4, -0.2) is 66.6 Å². The molecule has 1 N–H and O–H groups in total. The highest BCUT2D eigenvalue weighted by molar-refractivity contribution is 5.82. The summed E-state index contributed by atoms with van der Waals surface area (Å²) in [4.78, 5) is 16.3. The van der Waals surface area contributed by atoms with Gasteiger partial charge in [-0.1, -0.05) is 18.2 Å². The van der Waals surface area contributed by atoms with Gasteiger partial charge in [-0.2, -0.15) is 0 Å². The maximum absolute atomic E-state index is 13.5. The first-order chi connectivity index (χ1) is 9.69. The lowest BCUT2D eigenvalue weighted by atomic mass is 10.1. The third-order valence-electron chi connectivity index (χ3n) is 3.63. The van der Waals surface area contributed by atoms with Gasteiger partial charge in [0.15, 0.2) is 5.78 Å². The number of carbonyl (C=O) groups excluding carboxylic acids is 1. The predicted octanol–water partition coefficient (Wildman–Crippen LogP) is 0.547. The summed E-state index contributed by atoms with van der Waals surface area (Å²) in [6, 6.07) is 6.42. The van der Waals surface area contributed by atoms with Gasteiger partial charge < -0.3 is 5.11 Å². The number of aliphatic hydroxyl groups excluding tert-OH is 1. The van der Waals surface area contributed by atoms with E-state index in [1.54, 1.807) is 18.2 Å². The summed E-state index contributed by atoms with van der Waals surface area (Å²) in [6.45, 7) is 4.62. The monoisotopic (exact) mass is 280 g/mol. The topological polar surface area (TPSA) is 43.8 Å². The lowest BCUT2D eigenvalue weighted by Gasteiger charge is -2.33. The standard InChI is InChI=1S/C15H21FN2O2/c16-15-4-2-1-3-13(15)11-14(20)12-18-7-5-17(6-8-18)9-10-19/h1-4,19H,5-12H2. The first-order valence-corrected chi connectivity index (χ1v) is 6.99. The van der Waals surface area contributed by atoms with Crippen LogP contribution in [0.15, 0.2) is 24.3 Å². The van der Waals surface area contributed by atoms with Crippen molar-refractivity contribution in [3.8, 4) is 0 Å². The van der Waals surface area contributed by atoms with Crippen molar-refractivity contribution < 1.29 is 14.3 Å². The Morgan fingerprint density at radius 3 is 2.45 bits per heavy atom. The number of rotatable bonds is 6. The predicted molar refractivity (Wildman–Crippen MR) is 75.1 cm³/mol. The quantitative estimate of drug-likeness (QED) is 0.826. The number of β-amino-alcohol motifs (C(OH)–C–C–N with tert-alkyl or cyclic N) is 1. The van der Waals surface area contributed by atoms with Gasteiger partial charge in [-0.05, 0) is 11.6 Å². The minimum absolute atomic E-state index is 0.0470. The average molecular weight is 280 g/mol. The van der Waals surface area contributed by atoms with E-state index in [0.717, 1.165) is 26.2 Å². The van der Waals surface area contributed by atoms with Gasteiger partial charge in [-0.15, -0.1) is 0 Å². The Labute approximate surface area is 118 Å². The van der Waals surface area contributed by atoms with Crippen LogP contribution >= 0.6 is 0 Å². The summed E-state index contributed by atoms with van der Waals surface area (Å²) in [7, 11) is 0. The normalized spacial score (nSPS) is 17.3. The average Bonchev–Trinajstić information content (AvgIpc) is 2.44. The van der Waals surface area contributed by atoms with Crippen molar-refractivity contribution >= 4 is 5.78 Å². The maximum Gasteiger partial charge on any atom is 0.151 e. The molecule has 0 bridgehead atoms. The highest BCUT2D eigenvalue weighted by atomic mass is 19.1. The second-order valence-corrected chi connectivity index (χ2v) is 5.15. The van der Waals surface area contributed by atoms with Crippen LogP contribution in [0.2, 0.25) is 0 Å². The highest BCUT2D eigenvalue weighted by Gasteiger charge is 2.18. The number of carbonyl (C=O) groups is 1. The van der Waals surface area contributed by atoms with E-state index in [-0.39, 0.29) is 24.6 Å². The summed E-state index contributed by atoms with van der Waals surface area (Å²) >= 11 is 0. The molecule has 0 aliphatic carbocycles. The smallest absolute Gasteiger partial charge is 0.151 e. The van der Waals surface area contributed by atoms with Gasteiger partial charge in [0.05, 0.1) is 13.2 Å². The van der Waals surface area contributed by atoms with E-state index in [2.05, 4.69) is 9.80 Å².